The molecule has 1 rings (SSSR count). The number of amides is 1. The zero-order chi connectivity index (χ0) is 14.6. The second kappa shape index (κ2) is 10.9. The molecular formula is C13H24F2N2O3. The Labute approximate surface area is 118 Å². The van der Waals surface area contributed by atoms with E-state index in [1.165, 1.54) is 0 Å². The van der Waals surface area contributed by atoms with E-state index in [0.29, 0.717) is 19.3 Å². The fraction of sp³-hybridized carbons (Fsp3) is 0.923. The highest BCUT2D eigenvalue weighted by atomic mass is 19.3. The topological polar surface area (TPSA) is 59.6 Å². The molecule has 0 atom stereocenters. The van der Waals surface area contributed by atoms with Crippen LogP contribution in [-0.4, -0.2) is 57.9 Å². The lowest BCUT2D eigenvalue weighted by Crippen LogP contribution is -2.33. The van der Waals surface area contributed by atoms with Crippen molar-refractivity contribution < 1.29 is 23.0 Å². The first-order valence-corrected chi connectivity index (χ1v) is 7.13. The monoisotopic (exact) mass is 294 g/mol. The van der Waals surface area contributed by atoms with E-state index in [9.17, 15) is 13.6 Å². The molecule has 1 heterocycles. The van der Waals surface area contributed by atoms with Crippen molar-refractivity contribution in [2.45, 2.75) is 38.2 Å². The molecule has 118 valence electrons. The molecule has 0 aromatic heterocycles. The van der Waals surface area contributed by atoms with Crippen molar-refractivity contribution in [1.82, 2.24) is 10.6 Å². The van der Waals surface area contributed by atoms with Gasteiger partial charge in [0.2, 0.25) is 5.91 Å². The SMILES string of the molecule is O=C(CCOCC(F)F)NCCCOC1CCNCC1. The van der Waals surface area contributed by atoms with Crippen LogP contribution >= 0.6 is 0 Å². The van der Waals surface area contributed by atoms with Gasteiger partial charge in [0.05, 0.1) is 12.7 Å². The van der Waals surface area contributed by atoms with E-state index >= 15 is 0 Å². The molecule has 0 unspecified atom stereocenters. The van der Waals surface area contributed by atoms with Crippen molar-refractivity contribution in [2.24, 2.45) is 0 Å². The third-order valence-electron chi connectivity index (χ3n) is 3.00. The van der Waals surface area contributed by atoms with Gasteiger partial charge in [-0.1, -0.05) is 0 Å². The number of carbonyl (C=O) groups excluding carboxylic acids is 1. The molecule has 1 saturated heterocycles. The van der Waals surface area contributed by atoms with Crippen LogP contribution in [0.15, 0.2) is 0 Å². The van der Waals surface area contributed by atoms with Crippen molar-refractivity contribution in [3.8, 4) is 0 Å². The fourth-order valence-corrected chi connectivity index (χ4v) is 1.94. The molecule has 0 saturated carbocycles. The molecule has 1 amide bonds. The number of ether oxygens (including phenoxy) is 2. The minimum Gasteiger partial charge on any atom is -0.378 e. The molecule has 20 heavy (non-hydrogen) atoms. The van der Waals surface area contributed by atoms with Crippen LogP contribution in [-0.2, 0) is 14.3 Å². The van der Waals surface area contributed by atoms with Crippen molar-refractivity contribution in [3.05, 3.63) is 0 Å². The normalized spacial score (nSPS) is 16.6. The molecule has 0 aromatic carbocycles. The summed E-state index contributed by atoms with van der Waals surface area (Å²) in [5.41, 5.74) is 0. The molecule has 1 fully saturated rings. The van der Waals surface area contributed by atoms with Gasteiger partial charge in [-0.2, -0.15) is 0 Å². The van der Waals surface area contributed by atoms with Crippen LogP contribution < -0.4 is 10.6 Å². The average molecular weight is 294 g/mol. The molecule has 0 aromatic rings. The number of alkyl halides is 2. The van der Waals surface area contributed by atoms with Crippen molar-refractivity contribution in [2.75, 3.05) is 39.5 Å². The number of nitrogens with one attached hydrogen (secondary N) is 2. The molecule has 0 radical (unpaired) electrons. The zero-order valence-corrected chi connectivity index (χ0v) is 11.7. The van der Waals surface area contributed by atoms with Crippen LogP contribution in [0.5, 0.6) is 0 Å². The van der Waals surface area contributed by atoms with Crippen LogP contribution in [0.25, 0.3) is 0 Å². The highest BCUT2D eigenvalue weighted by Crippen LogP contribution is 2.07. The molecule has 1 aliphatic rings. The highest BCUT2D eigenvalue weighted by molar-refractivity contribution is 5.75. The Balaban J connectivity index is 1.86. The Hall–Kier alpha value is -0.790. The van der Waals surface area contributed by atoms with E-state index in [1.54, 1.807) is 0 Å². The Bertz CT molecular complexity index is 262. The summed E-state index contributed by atoms with van der Waals surface area (Å²) in [6.45, 7) is 2.59. The van der Waals surface area contributed by atoms with E-state index in [1.807, 2.05) is 0 Å². The first-order valence-electron chi connectivity index (χ1n) is 7.13. The highest BCUT2D eigenvalue weighted by Gasteiger charge is 2.12. The molecule has 0 aliphatic carbocycles. The Morgan fingerprint density at radius 3 is 2.75 bits per heavy atom. The number of rotatable bonds is 10. The third kappa shape index (κ3) is 9.17. The van der Waals surface area contributed by atoms with Crippen molar-refractivity contribution in [1.29, 1.82) is 0 Å². The van der Waals surface area contributed by atoms with Crippen LogP contribution in [0.2, 0.25) is 0 Å². The molecule has 7 heteroatoms. The van der Waals surface area contributed by atoms with Gasteiger partial charge >= 0.3 is 0 Å². The van der Waals surface area contributed by atoms with Gasteiger partial charge in [0, 0.05) is 19.6 Å². The van der Waals surface area contributed by atoms with Crippen LogP contribution in [0.1, 0.15) is 25.7 Å². The molecular weight excluding hydrogens is 270 g/mol. The van der Waals surface area contributed by atoms with E-state index < -0.39 is 13.0 Å². The summed E-state index contributed by atoms with van der Waals surface area (Å²) in [4.78, 5) is 11.3. The van der Waals surface area contributed by atoms with Gasteiger partial charge in [-0.15, -0.1) is 0 Å². The summed E-state index contributed by atoms with van der Waals surface area (Å²) in [5.74, 6) is -0.180. The van der Waals surface area contributed by atoms with Crippen LogP contribution in [0, 0.1) is 0 Å². The third-order valence-corrected chi connectivity index (χ3v) is 3.00. The summed E-state index contributed by atoms with van der Waals surface area (Å²) < 4.78 is 33.8. The predicted octanol–water partition coefficient (Wildman–Crippen LogP) is 0.933. The van der Waals surface area contributed by atoms with Gasteiger partial charge in [-0.05, 0) is 32.4 Å². The quantitative estimate of drug-likeness (QED) is 0.589. The van der Waals surface area contributed by atoms with Crippen molar-refractivity contribution in [3.63, 3.8) is 0 Å². The minimum atomic E-state index is -2.48. The lowest BCUT2D eigenvalue weighted by molar-refractivity contribution is -0.122. The number of hydrogen-bond acceptors (Lipinski definition) is 4. The summed E-state index contributed by atoms with van der Waals surface area (Å²) >= 11 is 0. The first kappa shape index (κ1) is 17.3. The summed E-state index contributed by atoms with van der Waals surface area (Å²) in [7, 11) is 0. The minimum absolute atomic E-state index is 0.0295. The average Bonchev–Trinajstić information content (AvgIpc) is 2.44. The van der Waals surface area contributed by atoms with E-state index in [0.717, 1.165) is 32.4 Å². The van der Waals surface area contributed by atoms with Crippen molar-refractivity contribution >= 4 is 5.91 Å². The van der Waals surface area contributed by atoms with Gasteiger partial charge in [-0.25, -0.2) is 8.78 Å². The smallest absolute Gasteiger partial charge is 0.261 e. The van der Waals surface area contributed by atoms with Gasteiger partial charge < -0.3 is 20.1 Å². The number of carbonyl (C=O) groups is 1. The zero-order valence-electron chi connectivity index (χ0n) is 11.7. The maximum Gasteiger partial charge on any atom is 0.261 e. The van der Waals surface area contributed by atoms with Crippen LogP contribution in [0.3, 0.4) is 0 Å². The van der Waals surface area contributed by atoms with Crippen LogP contribution in [0.4, 0.5) is 8.78 Å². The van der Waals surface area contributed by atoms with Gasteiger partial charge in [-0.3, -0.25) is 4.79 Å². The molecule has 1 aliphatic heterocycles. The predicted molar refractivity (Wildman–Crippen MR) is 70.9 cm³/mol. The first-order chi connectivity index (χ1) is 9.68. The van der Waals surface area contributed by atoms with Gasteiger partial charge in [0.1, 0.15) is 6.61 Å². The van der Waals surface area contributed by atoms with E-state index in [2.05, 4.69) is 15.4 Å². The summed E-state index contributed by atoms with van der Waals surface area (Å²) in [6, 6.07) is 0. The maximum absolute atomic E-state index is 11.8. The Morgan fingerprint density at radius 1 is 1.30 bits per heavy atom. The standard InChI is InChI=1S/C13H24F2N2O3/c14-12(15)10-19-9-4-13(18)17-5-1-8-20-11-2-6-16-7-3-11/h11-12,16H,1-10H2,(H,17,18). The van der Waals surface area contributed by atoms with E-state index in [4.69, 9.17) is 4.74 Å². The van der Waals surface area contributed by atoms with E-state index in [-0.39, 0.29) is 18.9 Å². The number of hydrogen-bond donors (Lipinski definition) is 2. The fourth-order valence-electron chi connectivity index (χ4n) is 1.94. The second-order valence-corrected chi connectivity index (χ2v) is 4.74. The Kier molecular flexibility index (Phi) is 9.44. The summed E-state index contributed by atoms with van der Waals surface area (Å²) in [6.07, 6.45) is 0.789. The lowest BCUT2D eigenvalue weighted by atomic mass is 10.1. The largest absolute Gasteiger partial charge is 0.378 e. The maximum atomic E-state index is 11.8. The number of halogens is 2. The number of piperidine rings is 1. The molecule has 5 nitrogen and oxygen atoms in total. The molecule has 2 N–H and O–H groups in total. The molecule has 0 spiro atoms. The van der Waals surface area contributed by atoms with Gasteiger partial charge in [0.15, 0.2) is 0 Å². The molecule has 0 bridgehead atoms. The van der Waals surface area contributed by atoms with Gasteiger partial charge in [0.25, 0.3) is 6.43 Å². The summed E-state index contributed by atoms with van der Waals surface area (Å²) in [5, 5.41) is 5.98. The second-order valence-electron chi connectivity index (χ2n) is 4.74. The lowest BCUT2D eigenvalue weighted by Gasteiger charge is -2.22. The Morgan fingerprint density at radius 2 is 2.05 bits per heavy atom.